The number of pyridine rings is 1. The van der Waals surface area contributed by atoms with Gasteiger partial charge in [-0.2, -0.15) is 5.10 Å². The summed E-state index contributed by atoms with van der Waals surface area (Å²) in [5.41, 5.74) is 4.94. The van der Waals surface area contributed by atoms with Gasteiger partial charge in [0.2, 0.25) is 0 Å². The van der Waals surface area contributed by atoms with Crippen molar-refractivity contribution < 1.29 is 9.90 Å². The lowest BCUT2D eigenvalue weighted by Crippen LogP contribution is -2.21. The Morgan fingerprint density at radius 3 is 2.72 bits per heavy atom. The zero-order chi connectivity index (χ0) is 24.6. The predicted molar refractivity (Wildman–Crippen MR) is 136 cm³/mol. The van der Waals surface area contributed by atoms with Crippen molar-refractivity contribution >= 4 is 28.5 Å². The van der Waals surface area contributed by atoms with Crippen molar-refractivity contribution in [2.45, 2.75) is 19.5 Å². The molecule has 2 aromatic carbocycles. The number of allylic oxidation sites excluding steroid dienone is 1. The number of hydrogen-bond donors (Lipinski definition) is 1. The van der Waals surface area contributed by atoms with Gasteiger partial charge >= 0.3 is 5.97 Å². The Kier molecular flexibility index (Phi) is 5.26. The van der Waals surface area contributed by atoms with Gasteiger partial charge in [-0.15, -0.1) is 0 Å². The van der Waals surface area contributed by atoms with Crippen LogP contribution in [0.4, 0.5) is 0 Å². The molecule has 0 unspecified atom stereocenters. The molecular formula is C28H21N5O3. The van der Waals surface area contributed by atoms with E-state index >= 15 is 0 Å². The van der Waals surface area contributed by atoms with Crippen LogP contribution in [0.5, 0.6) is 0 Å². The lowest BCUT2D eigenvalue weighted by atomic mass is 10.1. The fraction of sp³-hybridized carbons (Fsp3) is 0.107. The minimum Gasteiger partial charge on any atom is -0.478 e. The number of rotatable bonds is 5. The molecule has 0 atom stereocenters. The molecule has 0 bridgehead atoms. The van der Waals surface area contributed by atoms with Crippen LogP contribution in [0.1, 0.15) is 33.7 Å². The van der Waals surface area contributed by atoms with E-state index in [1.54, 1.807) is 17.0 Å². The topological polar surface area (TPSA) is 103 Å². The van der Waals surface area contributed by atoms with E-state index in [4.69, 9.17) is 10.1 Å². The Hall–Kier alpha value is -4.85. The quantitative estimate of drug-likeness (QED) is 0.406. The largest absolute Gasteiger partial charge is 0.478 e. The van der Waals surface area contributed by atoms with Crippen molar-refractivity contribution in [2.75, 3.05) is 0 Å². The molecule has 3 aromatic heterocycles. The van der Waals surface area contributed by atoms with Crippen molar-refractivity contribution in [1.29, 1.82) is 0 Å². The Balaban J connectivity index is 1.47. The van der Waals surface area contributed by atoms with E-state index in [0.29, 0.717) is 36.2 Å². The van der Waals surface area contributed by atoms with Gasteiger partial charge in [0, 0.05) is 36.3 Å². The van der Waals surface area contributed by atoms with Crippen molar-refractivity contribution in [3.05, 3.63) is 112 Å². The fourth-order valence-corrected chi connectivity index (χ4v) is 4.60. The highest BCUT2D eigenvalue weighted by atomic mass is 16.4. The summed E-state index contributed by atoms with van der Waals surface area (Å²) in [6, 6.07) is 18.4. The van der Waals surface area contributed by atoms with Crippen LogP contribution < -0.4 is 5.56 Å². The molecule has 6 rings (SSSR count). The van der Waals surface area contributed by atoms with Gasteiger partial charge in [0.15, 0.2) is 0 Å². The molecule has 0 aliphatic carbocycles. The number of nitrogens with zero attached hydrogens (tertiary/aromatic N) is 5. The number of carboxylic acid groups (broad SMARTS) is 1. The maximum atomic E-state index is 13.1. The highest BCUT2D eigenvalue weighted by Crippen LogP contribution is 2.31. The third kappa shape index (κ3) is 3.88. The molecule has 8 heteroatoms. The molecule has 176 valence electrons. The number of carbonyl (C=O) groups is 1. The lowest BCUT2D eigenvalue weighted by Gasteiger charge is -2.06. The van der Waals surface area contributed by atoms with Gasteiger partial charge in [0.05, 0.1) is 23.0 Å². The van der Waals surface area contributed by atoms with Gasteiger partial charge in [0.25, 0.3) is 5.56 Å². The molecule has 0 saturated carbocycles. The summed E-state index contributed by atoms with van der Waals surface area (Å²) in [4.78, 5) is 33.5. The minimum absolute atomic E-state index is 0.101. The van der Waals surface area contributed by atoms with E-state index in [9.17, 15) is 14.7 Å². The monoisotopic (exact) mass is 475 g/mol. The first kappa shape index (κ1) is 21.7. The van der Waals surface area contributed by atoms with E-state index in [0.717, 1.165) is 28.0 Å². The van der Waals surface area contributed by atoms with E-state index in [2.05, 4.69) is 17.1 Å². The summed E-state index contributed by atoms with van der Waals surface area (Å²) >= 11 is 0. The molecule has 36 heavy (non-hydrogen) atoms. The normalized spacial score (nSPS) is 13.8. The number of aromatic carboxylic acids is 1. The van der Waals surface area contributed by atoms with Gasteiger partial charge in [-0.1, -0.05) is 30.3 Å². The van der Waals surface area contributed by atoms with Crippen LogP contribution in [0, 0.1) is 0 Å². The first-order valence-corrected chi connectivity index (χ1v) is 11.6. The molecule has 0 spiro atoms. The Bertz CT molecular complexity index is 1700. The van der Waals surface area contributed by atoms with Crippen LogP contribution in [0.25, 0.3) is 33.8 Å². The minimum atomic E-state index is -1.05. The van der Waals surface area contributed by atoms with E-state index in [-0.39, 0.29) is 11.1 Å². The number of benzene rings is 2. The zero-order valence-electron chi connectivity index (χ0n) is 19.2. The second-order valence-electron chi connectivity index (χ2n) is 8.71. The highest BCUT2D eigenvalue weighted by Gasteiger charge is 2.22. The van der Waals surface area contributed by atoms with E-state index in [1.807, 2.05) is 47.3 Å². The molecule has 0 radical (unpaired) electrons. The van der Waals surface area contributed by atoms with Crippen LogP contribution in [0.2, 0.25) is 0 Å². The summed E-state index contributed by atoms with van der Waals surface area (Å²) < 4.78 is 3.56. The first-order chi connectivity index (χ1) is 17.6. The maximum Gasteiger partial charge on any atom is 0.335 e. The lowest BCUT2D eigenvalue weighted by molar-refractivity contribution is 0.0697. The van der Waals surface area contributed by atoms with Gasteiger partial charge in [-0.3, -0.25) is 19.0 Å². The highest BCUT2D eigenvalue weighted by molar-refractivity contribution is 5.94. The SMILES string of the molecule is O=C(O)c1ccc2c(=O)n3c(nc2c1)/C(=C/c1cn(Cc2ccccc2)nc1-c1cccnc1)CC3. The summed E-state index contributed by atoms with van der Waals surface area (Å²) in [5.74, 6) is -0.495. The van der Waals surface area contributed by atoms with Gasteiger partial charge in [-0.25, -0.2) is 9.78 Å². The van der Waals surface area contributed by atoms with E-state index < -0.39 is 5.97 Å². The summed E-state index contributed by atoms with van der Waals surface area (Å²) in [6.45, 7) is 1.14. The fourth-order valence-electron chi connectivity index (χ4n) is 4.60. The van der Waals surface area contributed by atoms with Crippen molar-refractivity contribution in [3.63, 3.8) is 0 Å². The number of carboxylic acids is 1. The molecule has 0 saturated heterocycles. The molecule has 5 aromatic rings. The van der Waals surface area contributed by atoms with E-state index in [1.165, 1.54) is 18.2 Å². The zero-order valence-corrected chi connectivity index (χ0v) is 19.2. The molecule has 1 aliphatic rings. The number of hydrogen-bond acceptors (Lipinski definition) is 5. The second-order valence-corrected chi connectivity index (χ2v) is 8.71. The number of aromatic nitrogens is 5. The standard InChI is InChI=1S/C28H21N5O3/c34-27-23-9-8-20(28(35)36)14-24(23)30-26-19(10-12-33(26)27)13-22-17-32(16-18-5-2-1-3-6-18)31-25(22)21-7-4-11-29-15-21/h1-9,11,13-15,17H,10,12,16H2,(H,35,36)/b19-13+. The Labute approximate surface area is 205 Å². The van der Waals surface area contributed by atoms with Gasteiger partial charge in [-0.05, 0) is 54.0 Å². The van der Waals surface area contributed by atoms with Crippen LogP contribution in [0.3, 0.4) is 0 Å². The second kappa shape index (κ2) is 8.74. The van der Waals surface area contributed by atoms with Crippen molar-refractivity contribution in [2.24, 2.45) is 0 Å². The molecule has 1 N–H and O–H groups in total. The molecule has 0 fully saturated rings. The van der Waals surface area contributed by atoms with Gasteiger partial charge in [0.1, 0.15) is 11.5 Å². The van der Waals surface area contributed by atoms with Crippen LogP contribution >= 0.6 is 0 Å². The molecule has 1 aliphatic heterocycles. The van der Waals surface area contributed by atoms with Gasteiger partial charge < -0.3 is 5.11 Å². The van der Waals surface area contributed by atoms with Crippen LogP contribution in [0.15, 0.2) is 84.0 Å². The Morgan fingerprint density at radius 2 is 1.94 bits per heavy atom. The third-order valence-corrected chi connectivity index (χ3v) is 6.34. The number of fused-ring (bicyclic) bond motifs is 2. The summed E-state index contributed by atoms with van der Waals surface area (Å²) in [7, 11) is 0. The Morgan fingerprint density at radius 1 is 1.08 bits per heavy atom. The maximum absolute atomic E-state index is 13.1. The van der Waals surface area contributed by atoms with Crippen LogP contribution in [-0.4, -0.2) is 35.4 Å². The first-order valence-electron chi connectivity index (χ1n) is 11.6. The molecule has 0 amide bonds. The summed E-state index contributed by atoms with van der Waals surface area (Å²) in [6.07, 6.45) is 8.16. The molecule has 8 nitrogen and oxygen atoms in total. The molecular weight excluding hydrogens is 454 g/mol. The van der Waals surface area contributed by atoms with Crippen molar-refractivity contribution in [3.8, 4) is 11.3 Å². The van der Waals surface area contributed by atoms with Crippen molar-refractivity contribution in [1.82, 2.24) is 24.3 Å². The smallest absolute Gasteiger partial charge is 0.335 e. The predicted octanol–water partition coefficient (Wildman–Crippen LogP) is 4.35. The summed E-state index contributed by atoms with van der Waals surface area (Å²) in [5, 5.41) is 14.6. The third-order valence-electron chi connectivity index (χ3n) is 6.34. The van der Waals surface area contributed by atoms with Crippen LogP contribution in [-0.2, 0) is 13.1 Å². The average Bonchev–Trinajstić information content (AvgIpc) is 3.49. The average molecular weight is 476 g/mol. The molecule has 4 heterocycles.